The summed E-state index contributed by atoms with van der Waals surface area (Å²) in [6.07, 6.45) is 4.93. The highest BCUT2D eigenvalue weighted by molar-refractivity contribution is 6.04. The lowest BCUT2D eigenvalue weighted by atomic mass is 9.82. The van der Waals surface area contributed by atoms with Gasteiger partial charge in [0, 0.05) is 29.4 Å². The zero-order valence-corrected chi connectivity index (χ0v) is 21.1. The van der Waals surface area contributed by atoms with Crippen LogP contribution in [-0.4, -0.2) is 38.7 Å². The second-order valence-corrected chi connectivity index (χ2v) is 9.88. The topological polar surface area (TPSA) is 105 Å². The van der Waals surface area contributed by atoms with E-state index in [0.29, 0.717) is 22.9 Å². The van der Waals surface area contributed by atoms with Gasteiger partial charge in [-0.2, -0.15) is 0 Å². The molecule has 1 saturated carbocycles. The van der Waals surface area contributed by atoms with E-state index in [1.165, 1.54) is 40.0 Å². The summed E-state index contributed by atoms with van der Waals surface area (Å²) in [5.74, 6) is -1.49. The average Bonchev–Trinajstić information content (AvgIpc) is 3.30. The van der Waals surface area contributed by atoms with Gasteiger partial charge in [0.15, 0.2) is 5.82 Å². The second kappa shape index (κ2) is 10.9. The van der Waals surface area contributed by atoms with Gasteiger partial charge >= 0.3 is 5.97 Å². The van der Waals surface area contributed by atoms with Crippen molar-refractivity contribution in [1.29, 1.82) is 0 Å². The van der Waals surface area contributed by atoms with Crippen LogP contribution in [0, 0.1) is 17.7 Å². The lowest BCUT2D eigenvalue weighted by molar-refractivity contribution is -0.124. The Bertz CT molecular complexity index is 1280. The second-order valence-electron chi connectivity index (χ2n) is 9.88. The molecule has 2 N–H and O–H groups in total. The van der Waals surface area contributed by atoms with Crippen molar-refractivity contribution in [3.05, 3.63) is 71.7 Å². The van der Waals surface area contributed by atoms with Gasteiger partial charge in [-0.15, -0.1) is 5.10 Å². The molecule has 0 aliphatic heterocycles. The fourth-order valence-corrected chi connectivity index (χ4v) is 4.64. The Labute approximate surface area is 215 Å². The Morgan fingerprint density at radius 1 is 1.03 bits per heavy atom. The van der Waals surface area contributed by atoms with Crippen molar-refractivity contribution in [2.24, 2.45) is 11.8 Å². The first kappa shape index (κ1) is 26.1. The van der Waals surface area contributed by atoms with Crippen LogP contribution in [0.5, 0.6) is 0 Å². The molecule has 2 aromatic carbocycles. The molecular weight excluding hydrogens is 475 g/mol. The minimum atomic E-state index is -1.17. The smallest absolute Gasteiger partial charge is 0.341 e. The van der Waals surface area contributed by atoms with Crippen LogP contribution >= 0.6 is 0 Å². The van der Waals surface area contributed by atoms with Crippen LogP contribution in [0.15, 0.2) is 54.7 Å². The number of nitrogens with zero attached hydrogens (tertiary/aromatic N) is 3. The maximum atomic E-state index is 13.5. The highest BCUT2D eigenvalue weighted by Gasteiger charge is 2.34. The van der Waals surface area contributed by atoms with Gasteiger partial charge in [-0.3, -0.25) is 14.5 Å². The van der Waals surface area contributed by atoms with E-state index >= 15 is 0 Å². The van der Waals surface area contributed by atoms with Crippen LogP contribution in [0.2, 0.25) is 0 Å². The van der Waals surface area contributed by atoms with Crippen molar-refractivity contribution in [3.8, 4) is 5.69 Å². The highest BCUT2D eigenvalue weighted by atomic mass is 19.1. The minimum Gasteiger partial charge on any atom is -0.477 e. The van der Waals surface area contributed by atoms with Gasteiger partial charge in [0.1, 0.15) is 11.4 Å². The van der Waals surface area contributed by atoms with E-state index in [4.69, 9.17) is 0 Å². The van der Waals surface area contributed by atoms with Gasteiger partial charge in [0.25, 0.3) is 5.91 Å². The van der Waals surface area contributed by atoms with Gasteiger partial charge in [0.05, 0.1) is 5.69 Å². The number of carboxylic acid groups (broad SMARTS) is 1. The van der Waals surface area contributed by atoms with Gasteiger partial charge in [0.2, 0.25) is 5.91 Å². The number of aromatic carboxylic acids is 1. The number of aromatic nitrogens is 2. The van der Waals surface area contributed by atoms with Crippen LogP contribution in [0.1, 0.15) is 67.2 Å². The maximum absolute atomic E-state index is 13.5. The molecule has 0 spiro atoms. The molecule has 1 fully saturated rings. The predicted octanol–water partition coefficient (Wildman–Crippen LogP) is 5.53. The van der Waals surface area contributed by atoms with E-state index in [-0.39, 0.29) is 35.2 Å². The SMILES string of the molecule is CC(C)N(c1nn(-c2ccc(NC(=O)c3ccc(F)cc3)cc2)cc1C(=O)O)C(=O)[C@H]1CC[C@H](C)CC1. The third kappa shape index (κ3) is 5.87. The number of nitrogens with one attached hydrogen (secondary N) is 1. The van der Waals surface area contributed by atoms with Crippen LogP contribution in [-0.2, 0) is 4.79 Å². The molecular formula is C28H31FN4O4. The summed E-state index contributed by atoms with van der Waals surface area (Å²) in [7, 11) is 0. The van der Waals surface area contributed by atoms with Gasteiger partial charge < -0.3 is 10.4 Å². The zero-order chi connectivity index (χ0) is 26.7. The molecule has 0 atom stereocenters. The number of rotatable bonds is 7. The van der Waals surface area contributed by atoms with Crippen LogP contribution in [0.4, 0.5) is 15.9 Å². The fraction of sp³-hybridized carbons (Fsp3) is 0.357. The van der Waals surface area contributed by atoms with Crippen molar-refractivity contribution in [1.82, 2.24) is 9.78 Å². The summed E-state index contributed by atoms with van der Waals surface area (Å²) in [5.41, 5.74) is 1.34. The lowest BCUT2D eigenvalue weighted by Crippen LogP contribution is -2.43. The molecule has 0 bridgehead atoms. The number of benzene rings is 2. The Kier molecular flexibility index (Phi) is 7.71. The maximum Gasteiger partial charge on any atom is 0.341 e. The molecule has 0 saturated heterocycles. The Hall–Kier alpha value is -4.01. The highest BCUT2D eigenvalue weighted by Crippen LogP contribution is 2.32. The summed E-state index contributed by atoms with van der Waals surface area (Å²) < 4.78 is 14.5. The number of carbonyl (C=O) groups is 3. The van der Waals surface area contributed by atoms with Crippen molar-refractivity contribution >= 4 is 29.3 Å². The largest absolute Gasteiger partial charge is 0.477 e. The first-order valence-electron chi connectivity index (χ1n) is 12.5. The molecule has 2 amide bonds. The Balaban J connectivity index is 1.57. The summed E-state index contributed by atoms with van der Waals surface area (Å²) in [5, 5.41) is 17.1. The molecule has 1 aliphatic rings. The normalized spacial score (nSPS) is 17.4. The predicted molar refractivity (Wildman–Crippen MR) is 139 cm³/mol. The lowest BCUT2D eigenvalue weighted by Gasteiger charge is -2.32. The third-order valence-corrected chi connectivity index (χ3v) is 6.77. The molecule has 0 unspecified atom stereocenters. The number of amides is 2. The molecule has 8 nitrogen and oxygen atoms in total. The van der Waals surface area contributed by atoms with E-state index < -0.39 is 11.8 Å². The van der Waals surface area contributed by atoms with Crippen LogP contribution in [0.25, 0.3) is 5.69 Å². The standard InChI is InChI=1S/C28H31FN4O4/c1-17(2)33(27(35)20-6-4-18(3)5-7-20)25-24(28(36)37)16-32(31-25)23-14-12-22(13-15-23)30-26(34)19-8-10-21(29)11-9-19/h8-18,20H,4-7H2,1-3H3,(H,30,34)(H,36,37)/t18-,20-. The van der Waals surface area contributed by atoms with E-state index in [9.17, 15) is 23.9 Å². The first-order chi connectivity index (χ1) is 17.6. The minimum absolute atomic E-state index is 0.0556. The summed E-state index contributed by atoms with van der Waals surface area (Å²) in [6.45, 7) is 5.89. The van der Waals surface area contributed by atoms with Crippen LogP contribution in [0.3, 0.4) is 0 Å². The summed E-state index contributed by atoms with van der Waals surface area (Å²) in [6, 6.07) is 11.7. The molecule has 37 heavy (non-hydrogen) atoms. The monoisotopic (exact) mass is 506 g/mol. The van der Waals surface area contributed by atoms with Gasteiger partial charge in [-0.05, 0) is 94.0 Å². The van der Waals surface area contributed by atoms with E-state index in [1.54, 1.807) is 24.3 Å². The van der Waals surface area contributed by atoms with Gasteiger partial charge in [-0.25, -0.2) is 13.9 Å². The molecule has 1 aromatic heterocycles. The summed E-state index contributed by atoms with van der Waals surface area (Å²) >= 11 is 0. The molecule has 9 heteroatoms. The number of carboxylic acids is 1. The molecule has 1 heterocycles. The molecule has 3 aromatic rings. The number of hydrogen-bond acceptors (Lipinski definition) is 4. The fourth-order valence-electron chi connectivity index (χ4n) is 4.64. The number of halogens is 1. The van der Waals surface area contributed by atoms with Gasteiger partial charge in [-0.1, -0.05) is 6.92 Å². The van der Waals surface area contributed by atoms with E-state index in [0.717, 1.165) is 25.7 Å². The summed E-state index contributed by atoms with van der Waals surface area (Å²) in [4.78, 5) is 39.5. The Morgan fingerprint density at radius 2 is 1.65 bits per heavy atom. The van der Waals surface area contributed by atoms with Crippen molar-refractivity contribution in [2.45, 2.75) is 52.5 Å². The van der Waals surface area contributed by atoms with Crippen LogP contribution < -0.4 is 10.2 Å². The number of hydrogen-bond donors (Lipinski definition) is 2. The Morgan fingerprint density at radius 3 is 2.22 bits per heavy atom. The quantitative estimate of drug-likeness (QED) is 0.438. The zero-order valence-electron chi connectivity index (χ0n) is 21.1. The first-order valence-corrected chi connectivity index (χ1v) is 12.5. The number of anilines is 2. The van der Waals surface area contributed by atoms with Crippen molar-refractivity contribution in [2.75, 3.05) is 10.2 Å². The van der Waals surface area contributed by atoms with E-state index in [1.807, 2.05) is 13.8 Å². The van der Waals surface area contributed by atoms with E-state index in [2.05, 4.69) is 17.3 Å². The average molecular weight is 507 g/mol. The van der Waals surface area contributed by atoms with Crippen molar-refractivity contribution in [3.63, 3.8) is 0 Å². The molecule has 4 rings (SSSR count). The molecule has 194 valence electrons. The molecule has 0 radical (unpaired) electrons. The number of carbonyl (C=O) groups excluding carboxylic acids is 2. The third-order valence-electron chi connectivity index (χ3n) is 6.77. The van der Waals surface area contributed by atoms with Crippen molar-refractivity contribution < 1.29 is 23.9 Å². The molecule has 1 aliphatic carbocycles.